The molecule has 9 heteroatoms. The van der Waals surface area contributed by atoms with Crippen molar-refractivity contribution >= 4 is 17.8 Å². The van der Waals surface area contributed by atoms with E-state index in [1.807, 2.05) is 20.8 Å². The van der Waals surface area contributed by atoms with Gasteiger partial charge in [0.1, 0.15) is 13.1 Å². The molecule has 0 radical (unpaired) electrons. The summed E-state index contributed by atoms with van der Waals surface area (Å²) in [5.41, 5.74) is -0.504. The van der Waals surface area contributed by atoms with Gasteiger partial charge in [0.15, 0.2) is 0 Å². The Bertz CT molecular complexity index is 534. The average Bonchev–Trinajstić information content (AvgIpc) is 2.72. The number of piperidine rings is 1. The lowest BCUT2D eigenvalue weighted by Gasteiger charge is -2.38. The van der Waals surface area contributed by atoms with Crippen LogP contribution in [0.5, 0.6) is 0 Å². The van der Waals surface area contributed by atoms with Crippen molar-refractivity contribution in [2.75, 3.05) is 26.2 Å². The lowest BCUT2D eigenvalue weighted by atomic mass is 9.92. The van der Waals surface area contributed by atoms with E-state index in [0.29, 0.717) is 25.9 Å². The zero-order valence-corrected chi connectivity index (χ0v) is 14.0. The van der Waals surface area contributed by atoms with Crippen molar-refractivity contribution in [1.29, 1.82) is 0 Å². The summed E-state index contributed by atoms with van der Waals surface area (Å²) in [5.74, 6) is -0.825. The van der Waals surface area contributed by atoms with Crippen LogP contribution in [0.15, 0.2) is 0 Å². The Kier molecular flexibility index (Phi) is 4.83. The van der Waals surface area contributed by atoms with Gasteiger partial charge >= 0.3 is 12.2 Å². The predicted molar refractivity (Wildman–Crippen MR) is 78.9 cm³/mol. The Labute approximate surface area is 138 Å². The van der Waals surface area contributed by atoms with Crippen molar-refractivity contribution in [3.8, 4) is 0 Å². The third-order valence-electron chi connectivity index (χ3n) is 4.25. The van der Waals surface area contributed by atoms with E-state index in [4.69, 9.17) is 0 Å². The number of rotatable bonds is 2. The molecule has 0 aromatic carbocycles. The molecular weight excluding hydrogens is 327 g/mol. The third-order valence-corrected chi connectivity index (χ3v) is 4.25. The minimum atomic E-state index is -4.61. The molecule has 0 spiro atoms. The van der Waals surface area contributed by atoms with E-state index in [2.05, 4.69) is 0 Å². The Morgan fingerprint density at radius 2 is 1.67 bits per heavy atom. The highest BCUT2D eigenvalue weighted by Crippen LogP contribution is 2.27. The van der Waals surface area contributed by atoms with Gasteiger partial charge in [-0.15, -0.1) is 0 Å². The van der Waals surface area contributed by atoms with Gasteiger partial charge < -0.3 is 9.80 Å². The minimum absolute atomic E-state index is 0.00322. The Balaban J connectivity index is 1.97. The summed E-state index contributed by atoms with van der Waals surface area (Å²) in [6.45, 7) is 4.43. The van der Waals surface area contributed by atoms with Crippen LogP contribution >= 0.6 is 0 Å². The van der Waals surface area contributed by atoms with Crippen molar-refractivity contribution < 1.29 is 27.6 Å². The van der Waals surface area contributed by atoms with E-state index in [1.165, 1.54) is 4.90 Å². The standard InChI is InChI=1S/C15H22F3N3O3/c1-14(2,3)12(23)19-6-4-10(5-7-19)20-8-11(22)21(13(20)24)9-15(16,17)18/h10H,4-9H2,1-3H3. The maximum Gasteiger partial charge on any atom is 0.406 e. The normalized spacial score (nSPS) is 21.0. The maximum absolute atomic E-state index is 12.5. The first-order valence-corrected chi connectivity index (χ1v) is 7.87. The van der Waals surface area contributed by atoms with Crippen molar-refractivity contribution in [1.82, 2.24) is 14.7 Å². The Morgan fingerprint density at radius 3 is 2.12 bits per heavy atom. The second-order valence-corrected chi connectivity index (χ2v) is 7.28. The van der Waals surface area contributed by atoms with Gasteiger partial charge in [-0.2, -0.15) is 13.2 Å². The topological polar surface area (TPSA) is 60.9 Å². The SMILES string of the molecule is CC(C)(C)C(=O)N1CCC(N2CC(=O)N(CC(F)(F)F)C2=O)CC1. The van der Waals surface area contributed by atoms with E-state index >= 15 is 0 Å². The molecule has 0 saturated carbocycles. The van der Waals surface area contributed by atoms with Gasteiger partial charge in [-0.25, -0.2) is 4.79 Å². The number of nitrogens with zero attached hydrogens (tertiary/aromatic N) is 3. The molecule has 2 heterocycles. The van der Waals surface area contributed by atoms with Gasteiger partial charge in [0.2, 0.25) is 5.91 Å². The molecule has 0 aliphatic carbocycles. The van der Waals surface area contributed by atoms with Crippen LogP contribution < -0.4 is 0 Å². The number of halogens is 3. The number of hydrogen-bond acceptors (Lipinski definition) is 3. The van der Waals surface area contributed by atoms with Gasteiger partial charge in [-0.1, -0.05) is 20.8 Å². The monoisotopic (exact) mass is 349 g/mol. The van der Waals surface area contributed by atoms with Gasteiger partial charge in [0.05, 0.1) is 0 Å². The summed E-state index contributed by atoms with van der Waals surface area (Å²) in [6, 6.07) is -1.21. The van der Waals surface area contributed by atoms with E-state index < -0.39 is 30.1 Å². The fourth-order valence-electron chi connectivity index (χ4n) is 3.04. The summed E-state index contributed by atoms with van der Waals surface area (Å²) in [7, 11) is 0. The van der Waals surface area contributed by atoms with Gasteiger partial charge in [0.25, 0.3) is 5.91 Å². The van der Waals surface area contributed by atoms with Gasteiger partial charge in [-0.05, 0) is 12.8 Å². The van der Waals surface area contributed by atoms with Crippen molar-refractivity contribution in [3.63, 3.8) is 0 Å². The summed E-state index contributed by atoms with van der Waals surface area (Å²) >= 11 is 0. The minimum Gasteiger partial charge on any atom is -0.342 e. The molecule has 2 aliphatic heterocycles. The molecule has 6 nitrogen and oxygen atoms in total. The maximum atomic E-state index is 12.5. The Morgan fingerprint density at radius 1 is 1.12 bits per heavy atom. The molecule has 0 N–H and O–H groups in total. The largest absolute Gasteiger partial charge is 0.406 e. The molecule has 4 amide bonds. The first-order valence-electron chi connectivity index (χ1n) is 7.87. The van der Waals surface area contributed by atoms with Gasteiger partial charge in [0, 0.05) is 24.5 Å². The zero-order valence-electron chi connectivity index (χ0n) is 14.0. The first kappa shape index (κ1) is 18.5. The highest BCUT2D eigenvalue weighted by atomic mass is 19.4. The summed E-state index contributed by atoms with van der Waals surface area (Å²) in [6.07, 6.45) is -3.69. The van der Waals surface area contributed by atoms with Crippen molar-refractivity contribution in [2.24, 2.45) is 5.41 Å². The number of alkyl halides is 3. The number of hydrogen-bond donors (Lipinski definition) is 0. The van der Waals surface area contributed by atoms with Crippen LogP contribution in [0.4, 0.5) is 18.0 Å². The molecule has 0 aromatic heterocycles. The average molecular weight is 349 g/mol. The summed E-state index contributed by atoms with van der Waals surface area (Å²) in [5, 5.41) is 0. The van der Waals surface area contributed by atoms with Crippen molar-refractivity contribution in [2.45, 2.75) is 45.8 Å². The number of likely N-dealkylation sites (tertiary alicyclic amines) is 1. The van der Waals surface area contributed by atoms with E-state index in [1.54, 1.807) is 4.90 Å². The molecule has 2 rings (SSSR count). The van der Waals surface area contributed by atoms with Crippen LogP contribution in [0.25, 0.3) is 0 Å². The molecule has 2 fully saturated rings. The second kappa shape index (κ2) is 6.25. The quantitative estimate of drug-likeness (QED) is 0.715. The second-order valence-electron chi connectivity index (χ2n) is 7.28. The number of urea groups is 1. The van der Waals surface area contributed by atoms with Crippen LogP contribution in [-0.2, 0) is 9.59 Å². The lowest BCUT2D eigenvalue weighted by molar-refractivity contribution is -0.151. The van der Waals surface area contributed by atoms with E-state index in [9.17, 15) is 27.6 Å². The molecule has 24 heavy (non-hydrogen) atoms. The van der Waals surface area contributed by atoms with E-state index in [0.717, 1.165) is 0 Å². The van der Waals surface area contributed by atoms with Crippen molar-refractivity contribution in [3.05, 3.63) is 0 Å². The first-order chi connectivity index (χ1) is 10.9. The summed E-state index contributed by atoms with van der Waals surface area (Å²) in [4.78, 5) is 39.2. The molecule has 136 valence electrons. The lowest BCUT2D eigenvalue weighted by Crippen LogP contribution is -2.50. The smallest absolute Gasteiger partial charge is 0.342 e. The zero-order chi connectivity index (χ0) is 18.3. The fraction of sp³-hybridized carbons (Fsp3) is 0.800. The molecular formula is C15H22F3N3O3. The van der Waals surface area contributed by atoms with Gasteiger partial charge in [-0.3, -0.25) is 14.5 Å². The van der Waals surface area contributed by atoms with Crippen LogP contribution in [0, 0.1) is 5.41 Å². The van der Waals surface area contributed by atoms with E-state index in [-0.39, 0.29) is 23.4 Å². The molecule has 0 atom stereocenters. The fourth-order valence-corrected chi connectivity index (χ4v) is 3.04. The molecule has 2 aliphatic rings. The number of carbonyl (C=O) groups is 3. The highest BCUT2D eigenvalue weighted by Gasteiger charge is 2.45. The van der Waals surface area contributed by atoms with Crippen LogP contribution in [0.3, 0.4) is 0 Å². The van der Waals surface area contributed by atoms with Crippen LogP contribution in [0.1, 0.15) is 33.6 Å². The molecule has 0 aromatic rings. The molecule has 0 bridgehead atoms. The summed E-state index contributed by atoms with van der Waals surface area (Å²) < 4.78 is 37.4. The predicted octanol–water partition coefficient (Wildman–Crippen LogP) is 1.85. The number of imide groups is 1. The number of amides is 4. The third kappa shape index (κ3) is 3.99. The Hall–Kier alpha value is -1.80. The van der Waals surface area contributed by atoms with Crippen LogP contribution in [-0.4, -0.2) is 70.9 Å². The highest BCUT2D eigenvalue weighted by molar-refractivity contribution is 6.02. The molecule has 2 saturated heterocycles. The van der Waals surface area contributed by atoms with Crippen LogP contribution in [0.2, 0.25) is 0 Å². The molecule has 0 unspecified atom stereocenters. The number of carbonyl (C=O) groups excluding carboxylic acids is 3.